The number of hydrogen-bond acceptors (Lipinski definition) is 3. The zero-order valence-electron chi connectivity index (χ0n) is 10.3. The summed E-state index contributed by atoms with van der Waals surface area (Å²) in [5, 5.41) is 9.21. The van der Waals surface area contributed by atoms with Crippen molar-refractivity contribution in [3.63, 3.8) is 0 Å². The van der Waals surface area contributed by atoms with Crippen molar-refractivity contribution in [2.45, 2.75) is 37.6 Å². The summed E-state index contributed by atoms with van der Waals surface area (Å²) in [6.45, 7) is 0.509. The largest absolute Gasteiger partial charge is 0.492 e. The molecule has 0 atom stereocenters. The van der Waals surface area contributed by atoms with Gasteiger partial charge in [0.15, 0.2) is 0 Å². The van der Waals surface area contributed by atoms with E-state index in [0.717, 1.165) is 12.8 Å². The second-order valence-corrected chi connectivity index (χ2v) is 5.37. The zero-order chi connectivity index (χ0) is 13.0. The van der Waals surface area contributed by atoms with Gasteiger partial charge in [-0.25, -0.2) is 0 Å². The zero-order valence-corrected chi connectivity index (χ0v) is 11.0. The summed E-state index contributed by atoms with van der Waals surface area (Å²) in [5.74, 6) is 0.675. The monoisotopic (exact) mass is 264 g/mol. The number of nitriles is 1. The van der Waals surface area contributed by atoms with Crippen LogP contribution in [-0.4, -0.2) is 12.1 Å². The van der Waals surface area contributed by atoms with Gasteiger partial charge in [0.25, 0.3) is 0 Å². The summed E-state index contributed by atoms with van der Waals surface area (Å²) in [6.07, 6.45) is 5.64. The third-order valence-corrected chi connectivity index (χ3v) is 3.75. The van der Waals surface area contributed by atoms with E-state index in [1.807, 2.05) is 6.07 Å². The highest BCUT2D eigenvalue weighted by atomic mass is 35.5. The number of hydrogen-bond donors (Lipinski definition) is 1. The second kappa shape index (κ2) is 5.60. The molecule has 0 saturated heterocycles. The first-order valence-electron chi connectivity index (χ1n) is 6.24. The van der Waals surface area contributed by atoms with E-state index < -0.39 is 0 Å². The highest BCUT2D eigenvalue weighted by Crippen LogP contribution is 2.28. The van der Waals surface area contributed by atoms with Crippen molar-refractivity contribution in [3.8, 4) is 11.8 Å². The summed E-state index contributed by atoms with van der Waals surface area (Å²) in [6, 6.07) is 7.13. The average molecular weight is 265 g/mol. The Bertz CT molecular complexity index is 461. The van der Waals surface area contributed by atoms with Crippen LogP contribution in [0.3, 0.4) is 0 Å². The van der Waals surface area contributed by atoms with Gasteiger partial charge in [0.1, 0.15) is 18.4 Å². The molecule has 1 saturated carbocycles. The van der Waals surface area contributed by atoms with Crippen molar-refractivity contribution in [1.29, 1.82) is 5.26 Å². The van der Waals surface area contributed by atoms with Gasteiger partial charge in [-0.2, -0.15) is 5.26 Å². The molecule has 2 N–H and O–H groups in total. The first-order valence-corrected chi connectivity index (χ1v) is 6.62. The Hall–Kier alpha value is -1.24. The predicted octanol–water partition coefficient (Wildman–Crippen LogP) is 3.25. The van der Waals surface area contributed by atoms with E-state index in [1.165, 1.54) is 19.3 Å². The summed E-state index contributed by atoms with van der Waals surface area (Å²) in [4.78, 5) is 0. The van der Waals surface area contributed by atoms with Gasteiger partial charge in [0.05, 0.1) is 16.1 Å². The molecule has 18 heavy (non-hydrogen) atoms. The summed E-state index contributed by atoms with van der Waals surface area (Å²) in [5.41, 5.74) is 6.54. The maximum Gasteiger partial charge on any atom is 0.120 e. The van der Waals surface area contributed by atoms with Gasteiger partial charge < -0.3 is 10.5 Å². The Balaban J connectivity index is 1.98. The Morgan fingerprint density at radius 3 is 2.67 bits per heavy atom. The topological polar surface area (TPSA) is 59.0 Å². The minimum absolute atomic E-state index is 0.210. The maximum absolute atomic E-state index is 8.79. The van der Waals surface area contributed by atoms with Crippen molar-refractivity contribution < 1.29 is 4.74 Å². The van der Waals surface area contributed by atoms with Crippen LogP contribution in [0.15, 0.2) is 18.2 Å². The molecule has 0 spiro atoms. The van der Waals surface area contributed by atoms with Crippen LogP contribution in [0.4, 0.5) is 0 Å². The van der Waals surface area contributed by atoms with Crippen LogP contribution >= 0.6 is 11.6 Å². The Morgan fingerprint density at radius 2 is 2.06 bits per heavy atom. The number of rotatable bonds is 3. The lowest BCUT2D eigenvalue weighted by atomic mass is 9.83. The van der Waals surface area contributed by atoms with Crippen LogP contribution in [0.1, 0.15) is 37.7 Å². The van der Waals surface area contributed by atoms with Gasteiger partial charge >= 0.3 is 0 Å². The molecule has 1 aromatic rings. The van der Waals surface area contributed by atoms with E-state index in [1.54, 1.807) is 18.2 Å². The Labute approximate surface area is 112 Å². The molecule has 0 amide bonds. The van der Waals surface area contributed by atoms with Crippen molar-refractivity contribution in [2.75, 3.05) is 6.61 Å². The molecule has 3 nitrogen and oxygen atoms in total. The number of ether oxygens (including phenoxy) is 1. The molecular weight excluding hydrogens is 248 g/mol. The van der Waals surface area contributed by atoms with Crippen LogP contribution in [-0.2, 0) is 0 Å². The smallest absolute Gasteiger partial charge is 0.120 e. The molecule has 96 valence electrons. The minimum atomic E-state index is -0.210. The molecule has 0 radical (unpaired) electrons. The molecule has 0 heterocycles. The fourth-order valence-corrected chi connectivity index (χ4v) is 2.52. The second-order valence-electron chi connectivity index (χ2n) is 4.97. The molecule has 0 aliphatic heterocycles. The number of nitrogens with two attached hydrogens (primary N) is 1. The van der Waals surface area contributed by atoms with Crippen molar-refractivity contribution in [1.82, 2.24) is 0 Å². The average Bonchev–Trinajstić information content (AvgIpc) is 2.38. The lowest BCUT2D eigenvalue weighted by molar-refractivity contribution is 0.174. The van der Waals surface area contributed by atoms with Crippen LogP contribution < -0.4 is 10.5 Å². The van der Waals surface area contributed by atoms with Crippen LogP contribution in [0.25, 0.3) is 0 Å². The molecule has 2 rings (SSSR count). The Morgan fingerprint density at radius 1 is 1.33 bits per heavy atom. The molecule has 4 heteroatoms. The number of halogens is 1. The van der Waals surface area contributed by atoms with E-state index in [4.69, 9.17) is 27.3 Å². The molecule has 1 aromatic carbocycles. The first kappa shape index (κ1) is 13.2. The van der Waals surface area contributed by atoms with Gasteiger partial charge in [-0.1, -0.05) is 30.9 Å². The van der Waals surface area contributed by atoms with Crippen LogP contribution in [0.2, 0.25) is 5.02 Å². The summed E-state index contributed by atoms with van der Waals surface area (Å²) < 4.78 is 5.71. The van der Waals surface area contributed by atoms with E-state index >= 15 is 0 Å². The van der Waals surface area contributed by atoms with Gasteiger partial charge in [-0.05, 0) is 25.0 Å². The molecule has 1 aliphatic carbocycles. The molecule has 0 bridgehead atoms. The number of nitrogens with zero attached hydrogens (tertiary/aromatic N) is 1. The molecule has 0 unspecified atom stereocenters. The SMILES string of the molecule is N#Cc1ccc(OCC2(N)CCCCC2)cc1Cl. The highest BCUT2D eigenvalue weighted by molar-refractivity contribution is 6.31. The van der Waals surface area contributed by atoms with Crippen molar-refractivity contribution in [3.05, 3.63) is 28.8 Å². The van der Waals surface area contributed by atoms with Crippen molar-refractivity contribution in [2.24, 2.45) is 5.73 Å². The fraction of sp³-hybridized carbons (Fsp3) is 0.500. The van der Waals surface area contributed by atoms with E-state index in [0.29, 0.717) is 22.9 Å². The maximum atomic E-state index is 8.79. The number of benzene rings is 1. The third kappa shape index (κ3) is 3.16. The van der Waals surface area contributed by atoms with E-state index in [9.17, 15) is 0 Å². The van der Waals surface area contributed by atoms with Crippen molar-refractivity contribution >= 4 is 11.6 Å². The summed E-state index contributed by atoms with van der Waals surface area (Å²) >= 11 is 5.95. The van der Waals surface area contributed by atoms with Gasteiger partial charge in [-0.3, -0.25) is 0 Å². The Kier molecular flexibility index (Phi) is 4.11. The standard InChI is InChI=1S/C14H17ClN2O/c15-13-8-12(5-4-11(13)9-16)18-10-14(17)6-2-1-3-7-14/h4-5,8H,1-3,6-7,10,17H2. The van der Waals surface area contributed by atoms with Crippen LogP contribution in [0, 0.1) is 11.3 Å². The molecule has 1 aliphatic rings. The normalized spacial score (nSPS) is 18.1. The van der Waals surface area contributed by atoms with Gasteiger partial charge in [0.2, 0.25) is 0 Å². The van der Waals surface area contributed by atoms with E-state index in [-0.39, 0.29) is 5.54 Å². The minimum Gasteiger partial charge on any atom is -0.492 e. The van der Waals surface area contributed by atoms with E-state index in [2.05, 4.69) is 0 Å². The third-order valence-electron chi connectivity index (χ3n) is 3.44. The molecule has 0 aromatic heterocycles. The lowest BCUT2D eigenvalue weighted by Crippen LogP contribution is -2.47. The highest BCUT2D eigenvalue weighted by Gasteiger charge is 2.28. The predicted molar refractivity (Wildman–Crippen MR) is 71.7 cm³/mol. The lowest BCUT2D eigenvalue weighted by Gasteiger charge is -2.33. The molecule has 1 fully saturated rings. The fourth-order valence-electron chi connectivity index (χ4n) is 2.30. The van der Waals surface area contributed by atoms with Gasteiger partial charge in [-0.15, -0.1) is 0 Å². The quantitative estimate of drug-likeness (QED) is 0.912. The summed E-state index contributed by atoms with van der Waals surface area (Å²) in [7, 11) is 0. The molecular formula is C14H17ClN2O. The van der Waals surface area contributed by atoms with Crippen LogP contribution in [0.5, 0.6) is 5.75 Å². The van der Waals surface area contributed by atoms with Gasteiger partial charge in [0, 0.05) is 6.07 Å². The first-order chi connectivity index (χ1) is 8.63.